The minimum absolute atomic E-state index is 0.0117. The Kier molecular flexibility index (Phi) is 6.26. The first-order chi connectivity index (χ1) is 15.5. The van der Waals surface area contributed by atoms with Crippen LogP contribution < -0.4 is 20.3 Å². The number of rotatable bonds is 8. The number of nitrogens with zero attached hydrogens (tertiary/aromatic N) is 3. The van der Waals surface area contributed by atoms with Crippen molar-refractivity contribution in [1.82, 2.24) is 9.55 Å². The molecule has 0 radical (unpaired) electrons. The van der Waals surface area contributed by atoms with Crippen LogP contribution in [0.4, 0.5) is 22.7 Å². The number of aromatic nitrogens is 2. The Hall–Kier alpha value is -3.22. The summed E-state index contributed by atoms with van der Waals surface area (Å²) in [6, 6.07) is 6.15. The summed E-state index contributed by atoms with van der Waals surface area (Å²) in [4.78, 5) is 19.3. The number of nitrogens with one attached hydrogen (secondary N) is 2. The largest absolute Gasteiger partial charge is 0.453 e. The molecule has 7 heteroatoms. The molecule has 170 valence electrons. The second kappa shape index (κ2) is 9.10. The molecule has 0 saturated heterocycles. The van der Waals surface area contributed by atoms with E-state index in [4.69, 9.17) is 4.74 Å². The molecular formula is C25H33N5O2. The number of imidazole rings is 1. The number of carbonyl (C=O) groups is 1. The molecule has 1 aliphatic heterocycles. The van der Waals surface area contributed by atoms with E-state index in [1.807, 2.05) is 19.3 Å². The van der Waals surface area contributed by atoms with E-state index < -0.39 is 0 Å². The van der Waals surface area contributed by atoms with E-state index in [-0.39, 0.29) is 5.91 Å². The second-order valence-electron chi connectivity index (χ2n) is 8.26. The van der Waals surface area contributed by atoms with Crippen molar-refractivity contribution < 1.29 is 9.53 Å². The lowest BCUT2D eigenvalue weighted by atomic mass is 10.1. The summed E-state index contributed by atoms with van der Waals surface area (Å²) < 4.78 is 8.55. The van der Waals surface area contributed by atoms with Crippen LogP contribution in [-0.2, 0) is 11.3 Å². The second-order valence-corrected chi connectivity index (χ2v) is 8.26. The summed E-state index contributed by atoms with van der Waals surface area (Å²) in [6.45, 7) is 13.3. The topological polar surface area (TPSA) is 71.4 Å². The smallest absolute Gasteiger partial charge is 0.224 e. The lowest BCUT2D eigenvalue weighted by Gasteiger charge is -2.28. The summed E-state index contributed by atoms with van der Waals surface area (Å²) in [5, 5.41) is 6.64. The van der Waals surface area contributed by atoms with Crippen LogP contribution in [0, 0.1) is 6.92 Å². The molecule has 7 nitrogen and oxygen atoms in total. The Balaban J connectivity index is 1.83. The number of aryl methyl sites for hydroxylation is 2. The minimum Gasteiger partial charge on any atom is -0.453 e. The summed E-state index contributed by atoms with van der Waals surface area (Å²) in [7, 11) is 0. The van der Waals surface area contributed by atoms with Gasteiger partial charge in [-0.25, -0.2) is 4.98 Å². The number of hydrogen-bond acceptors (Lipinski definition) is 5. The molecule has 3 aromatic rings. The van der Waals surface area contributed by atoms with E-state index >= 15 is 0 Å². The van der Waals surface area contributed by atoms with Crippen LogP contribution in [0.25, 0.3) is 11.0 Å². The molecule has 1 amide bonds. The maximum Gasteiger partial charge on any atom is 0.224 e. The van der Waals surface area contributed by atoms with Gasteiger partial charge >= 0.3 is 0 Å². The fraction of sp³-hybridized carbons (Fsp3) is 0.440. The molecular weight excluding hydrogens is 402 g/mol. The van der Waals surface area contributed by atoms with E-state index in [2.05, 4.69) is 64.9 Å². The highest BCUT2D eigenvalue weighted by molar-refractivity contribution is 6.07. The summed E-state index contributed by atoms with van der Waals surface area (Å²) in [5.74, 6) is 1.48. The van der Waals surface area contributed by atoms with Crippen molar-refractivity contribution >= 4 is 39.7 Å². The number of carbonyl (C=O) groups excluding carboxylic acids is 1. The van der Waals surface area contributed by atoms with E-state index in [1.165, 1.54) is 11.3 Å². The maximum absolute atomic E-state index is 12.4. The molecule has 1 aromatic heterocycles. The molecule has 0 atom stereocenters. The number of hydrogen-bond donors (Lipinski definition) is 2. The van der Waals surface area contributed by atoms with Crippen molar-refractivity contribution in [3.63, 3.8) is 0 Å². The van der Waals surface area contributed by atoms with Crippen LogP contribution in [-0.4, -0.2) is 28.5 Å². The monoisotopic (exact) mass is 435 g/mol. The van der Waals surface area contributed by atoms with Crippen LogP contribution in [0.1, 0.15) is 52.5 Å². The Morgan fingerprint density at radius 2 is 1.91 bits per heavy atom. The van der Waals surface area contributed by atoms with Gasteiger partial charge in [0.05, 0.1) is 23.2 Å². The molecule has 4 rings (SSSR count). The maximum atomic E-state index is 12.4. The quantitative estimate of drug-likeness (QED) is 0.345. The zero-order chi connectivity index (χ0) is 22.8. The first kappa shape index (κ1) is 22.0. The van der Waals surface area contributed by atoms with Crippen LogP contribution in [0.2, 0.25) is 0 Å². The number of ether oxygens (including phenoxy) is 1. The average Bonchev–Trinajstić information content (AvgIpc) is 3.19. The van der Waals surface area contributed by atoms with Crippen molar-refractivity contribution in [2.75, 3.05) is 28.6 Å². The third-order valence-corrected chi connectivity index (χ3v) is 5.95. The molecule has 2 heterocycles. The van der Waals surface area contributed by atoms with Gasteiger partial charge < -0.3 is 24.8 Å². The lowest BCUT2D eigenvalue weighted by molar-refractivity contribution is -0.116. The predicted molar refractivity (Wildman–Crippen MR) is 132 cm³/mol. The third-order valence-electron chi connectivity index (χ3n) is 5.95. The molecule has 2 aromatic carbocycles. The van der Waals surface area contributed by atoms with Gasteiger partial charge in [0.15, 0.2) is 11.5 Å². The highest BCUT2D eigenvalue weighted by Crippen LogP contribution is 2.49. The number of fused-ring (bicyclic) bond motifs is 4. The number of amides is 1. The van der Waals surface area contributed by atoms with Crippen molar-refractivity contribution in [3.05, 3.63) is 30.1 Å². The van der Waals surface area contributed by atoms with Gasteiger partial charge in [-0.05, 0) is 45.2 Å². The van der Waals surface area contributed by atoms with Crippen molar-refractivity contribution in [2.45, 2.75) is 60.4 Å². The van der Waals surface area contributed by atoms with Crippen LogP contribution in [0.3, 0.4) is 0 Å². The van der Waals surface area contributed by atoms with E-state index in [0.717, 1.165) is 60.6 Å². The molecule has 0 aliphatic carbocycles. The standard InChI is InChI=1S/C25H33N5O2/c1-6-10-22(31)27-18-13-21-24(25-23(18)26-15-30(25)11-7-2)28-17-12-16(5)19(14-20(17)32-21)29(8-3)9-4/h12-15,28H,6-11H2,1-5H3,(H,27,31). The molecule has 0 unspecified atom stereocenters. The fourth-order valence-corrected chi connectivity index (χ4v) is 4.39. The zero-order valence-electron chi connectivity index (χ0n) is 19.7. The Morgan fingerprint density at radius 1 is 1.12 bits per heavy atom. The molecule has 32 heavy (non-hydrogen) atoms. The van der Waals surface area contributed by atoms with E-state index in [1.54, 1.807) is 0 Å². The molecule has 0 saturated carbocycles. The minimum atomic E-state index is -0.0117. The van der Waals surface area contributed by atoms with Gasteiger partial charge in [0.25, 0.3) is 0 Å². The summed E-state index contributed by atoms with van der Waals surface area (Å²) in [6.07, 6.45) is 4.10. The van der Waals surface area contributed by atoms with E-state index in [0.29, 0.717) is 17.9 Å². The van der Waals surface area contributed by atoms with Gasteiger partial charge in [0.2, 0.25) is 5.91 Å². The first-order valence-electron chi connectivity index (χ1n) is 11.7. The highest BCUT2D eigenvalue weighted by atomic mass is 16.5. The SMILES string of the molecule is CCCC(=O)Nc1cc2c(c3c1ncn3CCC)Nc1cc(C)c(N(CC)CC)cc1O2. The van der Waals surface area contributed by atoms with Crippen LogP contribution >= 0.6 is 0 Å². The van der Waals surface area contributed by atoms with Gasteiger partial charge in [-0.2, -0.15) is 0 Å². The van der Waals surface area contributed by atoms with Crippen molar-refractivity contribution in [1.29, 1.82) is 0 Å². The van der Waals surface area contributed by atoms with Gasteiger partial charge in [0.1, 0.15) is 11.2 Å². The number of benzene rings is 2. The third kappa shape index (κ3) is 3.87. The fourth-order valence-electron chi connectivity index (χ4n) is 4.39. The lowest BCUT2D eigenvalue weighted by Crippen LogP contribution is -2.23. The summed E-state index contributed by atoms with van der Waals surface area (Å²) in [5.41, 5.74) is 6.63. The Labute approximate surface area is 189 Å². The molecule has 0 fully saturated rings. The molecule has 0 spiro atoms. The van der Waals surface area contributed by atoms with Crippen molar-refractivity contribution in [3.8, 4) is 11.5 Å². The Morgan fingerprint density at radius 3 is 2.59 bits per heavy atom. The normalized spacial score (nSPS) is 12.0. The average molecular weight is 436 g/mol. The predicted octanol–water partition coefficient (Wildman–Crippen LogP) is 6.19. The highest BCUT2D eigenvalue weighted by Gasteiger charge is 2.25. The molecule has 1 aliphatic rings. The van der Waals surface area contributed by atoms with Gasteiger partial charge in [-0.1, -0.05) is 13.8 Å². The summed E-state index contributed by atoms with van der Waals surface area (Å²) >= 11 is 0. The zero-order valence-corrected chi connectivity index (χ0v) is 19.7. The van der Waals surface area contributed by atoms with Gasteiger partial charge in [-0.15, -0.1) is 0 Å². The van der Waals surface area contributed by atoms with E-state index in [9.17, 15) is 4.79 Å². The van der Waals surface area contributed by atoms with Crippen LogP contribution in [0.5, 0.6) is 11.5 Å². The molecule has 0 bridgehead atoms. The first-order valence-corrected chi connectivity index (χ1v) is 11.7. The Bertz CT molecular complexity index is 1150. The molecule has 2 N–H and O–H groups in total. The van der Waals surface area contributed by atoms with Gasteiger partial charge in [0, 0.05) is 43.9 Å². The number of anilines is 4. The van der Waals surface area contributed by atoms with Crippen molar-refractivity contribution in [2.24, 2.45) is 0 Å². The van der Waals surface area contributed by atoms with Crippen LogP contribution in [0.15, 0.2) is 24.5 Å². The van der Waals surface area contributed by atoms with Gasteiger partial charge in [-0.3, -0.25) is 4.79 Å².